The van der Waals surface area contributed by atoms with E-state index < -0.39 is 0 Å². The van der Waals surface area contributed by atoms with Crippen LogP contribution in [0, 0.1) is 11.8 Å². The molecule has 2 heterocycles. The standard InChI is InChI=1S/C8H13NO/c1-2-9-4-6-3-7(5-9)8(6)10/h6-7H,2-5H2,1H3. The van der Waals surface area contributed by atoms with Gasteiger partial charge in [-0.1, -0.05) is 6.92 Å². The Hall–Kier alpha value is -0.370. The molecule has 3 rings (SSSR count). The molecule has 1 saturated carbocycles. The number of ketones is 1. The van der Waals surface area contributed by atoms with Gasteiger partial charge < -0.3 is 4.90 Å². The fourth-order valence-corrected chi connectivity index (χ4v) is 2.03. The third-order valence-electron chi connectivity index (χ3n) is 2.78. The van der Waals surface area contributed by atoms with E-state index in [-0.39, 0.29) is 0 Å². The van der Waals surface area contributed by atoms with Crippen LogP contribution >= 0.6 is 0 Å². The van der Waals surface area contributed by atoms with Gasteiger partial charge in [-0.3, -0.25) is 4.79 Å². The van der Waals surface area contributed by atoms with Crippen molar-refractivity contribution in [3.63, 3.8) is 0 Å². The van der Waals surface area contributed by atoms with E-state index in [1.165, 1.54) is 6.42 Å². The van der Waals surface area contributed by atoms with Crippen molar-refractivity contribution in [3.8, 4) is 0 Å². The van der Waals surface area contributed by atoms with Gasteiger partial charge in [-0.05, 0) is 13.0 Å². The number of carbonyl (C=O) groups is 1. The lowest BCUT2D eigenvalue weighted by molar-refractivity contribution is -0.143. The Morgan fingerprint density at radius 1 is 1.50 bits per heavy atom. The van der Waals surface area contributed by atoms with E-state index in [1.54, 1.807) is 0 Å². The highest BCUT2D eigenvalue weighted by molar-refractivity contribution is 5.90. The zero-order valence-corrected chi connectivity index (χ0v) is 6.34. The van der Waals surface area contributed by atoms with Gasteiger partial charge in [0, 0.05) is 24.9 Å². The first kappa shape index (κ1) is 6.35. The average Bonchev–Trinajstić information content (AvgIpc) is 2.04. The normalized spacial score (nSPS) is 39.5. The van der Waals surface area contributed by atoms with Crippen LogP contribution in [0.2, 0.25) is 0 Å². The molecule has 3 fully saturated rings. The molecular formula is C8H13NO. The van der Waals surface area contributed by atoms with Crippen molar-refractivity contribution in [2.45, 2.75) is 13.3 Å². The quantitative estimate of drug-likeness (QED) is 0.528. The van der Waals surface area contributed by atoms with Crippen LogP contribution in [0.1, 0.15) is 13.3 Å². The molecule has 10 heavy (non-hydrogen) atoms. The first-order chi connectivity index (χ1) is 4.81. The Morgan fingerprint density at radius 3 is 2.50 bits per heavy atom. The molecule has 2 nitrogen and oxygen atoms in total. The molecule has 0 aromatic rings. The van der Waals surface area contributed by atoms with E-state index in [1.807, 2.05) is 0 Å². The zero-order chi connectivity index (χ0) is 7.14. The number of fused-ring (bicyclic) bond motifs is 2. The molecule has 3 aliphatic rings. The number of hydrogen-bond acceptors (Lipinski definition) is 2. The summed E-state index contributed by atoms with van der Waals surface area (Å²) >= 11 is 0. The van der Waals surface area contributed by atoms with Gasteiger partial charge in [0.1, 0.15) is 5.78 Å². The summed E-state index contributed by atoms with van der Waals surface area (Å²) in [5, 5.41) is 0. The highest BCUT2D eigenvalue weighted by Crippen LogP contribution is 2.35. The molecular weight excluding hydrogens is 126 g/mol. The monoisotopic (exact) mass is 139 g/mol. The number of nitrogens with zero attached hydrogens (tertiary/aromatic N) is 1. The van der Waals surface area contributed by atoms with Gasteiger partial charge in [-0.15, -0.1) is 0 Å². The van der Waals surface area contributed by atoms with Crippen molar-refractivity contribution in [2.75, 3.05) is 19.6 Å². The predicted octanol–water partition coefficient (Wildman–Crippen LogP) is 0.527. The summed E-state index contributed by atoms with van der Waals surface area (Å²) in [5.41, 5.74) is 0. The van der Waals surface area contributed by atoms with Crippen LogP contribution in [0.4, 0.5) is 0 Å². The Balaban J connectivity index is 1.99. The molecule has 2 saturated heterocycles. The summed E-state index contributed by atoms with van der Waals surface area (Å²) in [6, 6.07) is 0. The number of hydrogen-bond donors (Lipinski definition) is 0. The van der Waals surface area contributed by atoms with Crippen LogP contribution < -0.4 is 0 Å². The van der Waals surface area contributed by atoms with Gasteiger partial charge in [0.15, 0.2) is 0 Å². The lowest BCUT2D eigenvalue weighted by Crippen LogP contribution is -2.55. The molecule has 1 aliphatic carbocycles. The van der Waals surface area contributed by atoms with Gasteiger partial charge in [-0.2, -0.15) is 0 Å². The molecule has 2 bridgehead atoms. The molecule has 2 unspecified atom stereocenters. The molecule has 0 spiro atoms. The van der Waals surface area contributed by atoms with Gasteiger partial charge in [0.2, 0.25) is 0 Å². The SMILES string of the molecule is CCN1CC2CC(C1)C2=O. The molecule has 56 valence electrons. The average molecular weight is 139 g/mol. The number of piperidine rings is 2. The summed E-state index contributed by atoms with van der Waals surface area (Å²) < 4.78 is 0. The van der Waals surface area contributed by atoms with E-state index in [0.29, 0.717) is 17.6 Å². The largest absolute Gasteiger partial charge is 0.302 e. The molecule has 2 atom stereocenters. The van der Waals surface area contributed by atoms with Crippen LogP contribution in [0.3, 0.4) is 0 Å². The van der Waals surface area contributed by atoms with Crippen molar-refractivity contribution in [3.05, 3.63) is 0 Å². The minimum absolute atomic E-state index is 0.415. The number of Topliss-reactive ketones (excluding diaryl/α,β-unsaturated/α-hetero) is 1. The van der Waals surface area contributed by atoms with E-state index in [4.69, 9.17) is 0 Å². The number of rotatable bonds is 1. The van der Waals surface area contributed by atoms with Gasteiger partial charge in [0.05, 0.1) is 0 Å². The lowest BCUT2D eigenvalue weighted by atomic mass is 9.70. The van der Waals surface area contributed by atoms with Crippen LogP contribution in [-0.2, 0) is 4.79 Å². The van der Waals surface area contributed by atoms with E-state index >= 15 is 0 Å². The van der Waals surface area contributed by atoms with Crippen molar-refractivity contribution >= 4 is 5.78 Å². The summed E-state index contributed by atoms with van der Waals surface area (Å²) in [6.45, 7) is 5.34. The topological polar surface area (TPSA) is 20.3 Å². The smallest absolute Gasteiger partial charge is 0.141 e. The second-order valence-electron chi connectivity index (χ2n) is 3.38. The maximum atomic E-state index is 11.1. The maximum Gasteiger partial charge on any atom is 0.141 e. The first-order valence-corrected chi connectivity index (χ1v) is 4.07. The number of carbonyl (C=O) groups excluding carboxylic acids is 1. The lowest BCUT2D eigenvalue weighted by Gasteiger charge is -2.45. The van der Waals surface area contributed by atoms with Crippen LogP contribution in [0.25, 0.3) is 0 Å². The van der Waals surface area contributed by atoms with Crippen molar-refractivity contribution in [1.29, 1.82) is 0 Å². The predicted molar refractivity (Wildman–Crippen MR) is 38.7 cm³/mol. The third kappa shape index (κ3) is 0.717. The molecule has 0 aromatic heterocycles. The second-order valence-corrected chi connectivity index (χ2v) is 3.38. The fourth-order valence-electron chi connectivity index (χ4n) is 2.03. The van der Waals surface area contributed by atoms with E-state index in [2.05, 4.69) is 11.8 Å². The molecule has 0 aromatic carbocycles. The Bertz CT molecular complexity index is 153. The summed E-state index contributed by atoms with van der Waals surface area (Å²) in [4.78, 5) is 13.5. The summed E-state index contributed by atoms with van der Waals surface area (Å²) in [6.07, 6.45) is 1.18. The summed E-state index contributed by atoms with van der Waals surface area (Å²) in [5.74, 6) is 1.36. The summed E-state index contributed by atoms with van der Waals surface area (Å²) in [7, 11) is 0. The van der Waals surface area contributed by atoms with Crippen LogP contribution in [0.15, 0.2) is 0 Å². The first-order valence-electron chi connectivity index (χ1n) is 4.07. The van der Waals surface area contributed by atoms with Gasteiger partial charge in [0.25, 0.3) is 0 Å². The van der Waals surface area contributed by atoms with Crippen molar-refractivity contribution < 1.29 is 4.79 Å². The maximum absolute atomic E-state index is 11.1. The molecule has 2 aliphatic heterocycles. The van der Waals surface area contributed by atoms with Crippen LogP contribution in [0.5, 0.6) is 0 Å². The fraction of sp³-hybridized carbons (Fsp3) is 0.875. The molecule has 2 heteroatoms. The van der Waals surface area contributed by atoms with Crippen molar-refractivity contribution in [2.24, 2.45) is 11.8 Å². The van der Waals surface area contributed by atoms with Crippen LogP contribution in [-0.4, -0.2) is 30.3 Å². The molecule has 0 radical (unpaired) electrons. The minimum atomic E-state index is 0.415. The Labute approximate surface area is 61.2 Å². The highest BCUT2D eigenvalue weighted by Gasteiger charge is 2.44. The third-order valence-corrected chi connectivity index (χ3v) is 2.78. The van der Waals surface area contributed by atoms with E-state index in [0.717, 1.165) is 19.6 Å². The Kier molecular flexibility index (Phi) is 1.31. The molecule has 0 N–H and O–H groups in total. The highest BCUT2D eigenvalue weighted by atomic mass is 16.1. The van der Waals surface area contributed by atoms with Gasteiger partial charge >= 0.3 is 0 Å². The Morgan fingerprint density at radius 2 is 2.10 bits per heavy atom. The van der Waals surface area contributed by atoms with Crippen molar-refractivity contribution in [1.82, 2.24) is 4.90 Å². The molecule has 0 amide bonds. The minimum Gasteiger partial charge on any atom is -0.302 e. The van der Waals surface area contributed by atoms with Gasteiger partial charge in [-0.25, -0.2) is 0 Å². The van der Waals surface area contributed by atoms with E-state index in [9.17, 15) is 4.79 Å². The zero-order valence-electron chi connectivity index (χ0n) is 6.34. The second kappa shape index (κ2) is 2.06.